The van der Waals surface area contributed by atoms with Crippen LogP contribution in [0, 0.1) is 6.92 Å². The van der Waals surface area contributed by atoms with E-state index < -0.39 is 6.10 Å². The Morgan fingerprint density at radius 1 is 1.03 bits per heavy atom. The van der Waals surface area contributed by atoms with Crippen molar-refractivity contribution in [3.05, 3.63) is 89.5 Å². The van der Waals surface area contributed by atoms with Crippen LogP contribution in [0.25, 0.3) is 0 Å². The minimum atomic E-state index is -0.680. The number of ether oxygens (including phenoxy) is 1. The molecule has 0 radical (unpaired) electrons. The average molecular weight is 400 g/mol. The number of fused-ring (bicyclic) bond motifs is 1. The fourth-order valence-corrected chi connectivity index (χ4v) is 3.47. The van der Waals surface area contributed by atoms with Gasteiger partial charge in [0.2, 0.25) is 12.0 Å². The van der Waals surface area contributed by atoms with Gasteiger partial charge in [-0.05, 0) is 43.5 Å². The molecule has 3 aromatic carbocycles. The monoisotopic (exact) mass is 400 g/mol. The Kier molecular flexibility index (Phi) is 5.80. The van der Waals surface area contributed by atoms with Crippen molar-refractivity contribution in [2.24, 2.45) is 0 Å². The molecule has 152 valence electrons. The first-order valence-electron chi connectivity index (χ1n) is 10.1. The number of rotatable bonds is 6. The lowest BCUT2D eigenvalue weighted by atomic mass is 10.1. The summed E-state index contributed by atoms with van der Waals surface area (Å²) in [4.78, 5) is 24.8. The number of carbonyl (C=O) groups is 2. The van der Waals surface area contributed by atoms with E-state index in [1.165, 1.54) is 11.1 Å². The number of nitrogens with one attached hydrogen (secondary N) is 2. The zero-order chi connectivity index (χ0) is 20.9. The van der Waals surface area contributed by atoms with Crippen LogP contribution in [0.5, 0.6) is 5.75 Å². The number of anilines is 2. The van der Waals surface area contributed by atoms with Gasteiger partial charge >= 0.3 is 0 Å². The van der Waals surface area contributed by atoms with Crippen LogP contribution in [0.2, 0.25) is 0 Å². The second-order valence-electron chi connectivity index (χ2n) is 7.50. The normalized spacial score (nSPS) is 15.0. The van der Waals surface area contributed by atoms with Gasteiger partial charge in [0.15, 0.2) is 0 Å². The van der Waals surface area contributed by atoms with Crippen LogP contribution in [0.15, 0.2) is 72.8 Å². The molecule has 1 unspecified atom stereocenters. The van der Waals surface area contributed by atoms with Crippen LogP contribution in [0.1, 0.15) is 35.6 Å². The molecule has 30 heavy (non-hydrogen) atoms. The van der Waals surface area contributed by atoms with Crippen molar-refractivity contribution >= 4 is 23.2 Å². The molecule has 0 bridgehead atoms. The van der Waals surface area contributed by atoms with Gasteiger partial charge in [0.05, 0.1) is 5.69 Å². The maximum atomic E-state index is 12.5. The summed E-state index contributed by atoms with van der Waals surface area (Å²) in [5.74, 6) is 0.309. The van der Waals surface area contributed by atoms with Crippen LogP contribution >= 0.6 is 0 Å². The van der Waals surface area contributed by atoms with E-state index in [1.807, 2.05) is 30.3 Å². The Labute approximate surface area is 176 Å². The molecule has 5 nitrogen and oxygen atoms in total. The quantitative estimate of drug-likeness (QED) is 0.610. The zero-order valence-corrected chi connectivity index (χ0v) is 16.9. The van der Waals surface area contributed by atoms with E-state index in [4.69, 9.17) is 4.74 Å². The Hall–Kier alpha value is -3.60. The molecule has 3 aromatic rings. The number of hydrogen-bond acceptors (Lipinski definition) is 3. The standard InChI is InChI=1S/C25H24N2O3/c1-17-10-12-18(13-11-17)6-5-9-23(28)26-20-14-15-22-21(16-20)27-25(29)24(30-22)19-7-3-2-4-8-19/h2-4,7-8,10-16,24H,5-6,9H2,1H3,(H,26,28)(H,27,29). The zero-order valence-electron chi connectivity index (χ0n) is 16.9. The first-order chi connectivity index (χ1) is 14.6. The first-order valence-corrected chi connectivity index (χ1v) is 10.1. The first kappa shape index (κ1) is 19.7. The lowest BCUT2D eigenvalue weighted by molar-refractivity contribution is -0.123. The van der Waals surface area contributed by atoms with E-state index in [2.05, 4.69) is 41.8 Å². The molecule has 0 spiro atoms. The second kappa shape index (κ2) is 8.82. The molecule has 1 atom stereocenters. The highest BCUT2D eigenvalue weighted by atomic mass is 16.5. The summed E-state index contributed by atoms with van der Waals surface area (Å²) in [6.07, 6.45) is 1.39. The molecule has 2 N–H and O–H groups in total. The molecular formula is C25H24N2O3. The van der Waals surface area contributed by atoms with Crippen molar-refractivity contribution in [3.63, 3.8) is 0 Å². The topological polar surface area (TPSA) is 67.4 Å². The lowest BCUT2D eigenvalue weighted by Gasteiger charge is -2.26. The molecule has 0 aliphatic carbocycles. The van der Waals surface area contributed by atoms with Crippen molar-refractivity contribution in [1.82, 2.24) is 0 Å². The molecular weight excluding hydrogens is 376 g/mol. The van der Waals surface area contributed by atoms with Crippen LogP contribution < -0.4 is 15.4 Å². The predicted molar refractivity (Wildman–Crippen MR) is 118 cm³/mol. The summed E-state index contributed by atoms with van der Waals surface area (Å²) in [6.45, 7) is 2.06. The third-order valence-electron chi connectivity index (χ3n) is 5.10. The van der Waals surface area contributed by atoms with Gasteiger partial charge in [0, 0.05) is 17.7 Å². The van der Waals surface area contributed by atoms with Gasteiger partial charge in [-0.25, -0.2) is 0 Å². The van der Waals surface area contributed by atoms with Gasteiger partial charge < -0.3 is 15.4 Å². The van der Waals surface area contributed by atoms with Gasteiger partial charge in [0.1, 0.15) is 5.75 Å². The minimum Gasteiger partial charge on any atom is -0.474 e. The van der Waals surface area contributed by atoms with Crippen LogP contribution in [-0.2, 0) is 16.0 Å². The lowest BCUT2D eigenvalue weighted by Crippen LogP contribution is -2.30. The maximum Gasteiger partial charge on any atom is 0.270 e. The highest BCUT2D eigenvalue weighted by molar-refractivity contribution is 5.99. The third kappa shape index (κ3) is 4.69. The molecule has 1 aliphatic rings. The Morgan fingerprint density at radius 3 is 2.57 bits per heavy atom. The second-order valence-corrected chi connectivity index (χ2v) is 7.50. The number of amides is 2. The summed E-state index contributed by atoms with van der Waals surface area (Å²) in [5, 5.41) is 5.78. The number of aryl methyl sites for hydroxylation is 2. The number of carbonyl (C=O) groups excluding carboxylic acids is 2. The number of benzene rings is 3. The van der Waals surface area contributed by atoms with Crippen LogP contribution in [0.4, 0.5) is 11.4 Å². The highest BCUT2D eigenvalue weighted by Gasteiger charge is 2.29. The highest BCUT2D eigenvalue weighted by Crippen LogP contribution is 2.36. The Bertz CT molecular complexity index is 1050. The molecule has 0 aromatic heterocycles. The molecule has 1 aliphatic heterocycles. The van der Waals surface area contributed by atoms with Gasteiger partial charge in [-0.3, -0.25) is 9.59 Å². The predicted octanol–water partition coefficient (Wildman–Crippen LogP) is 5.03. The number of hydrogen-bond donors (Lipinski definition) is 2. The summed E-state index contributed by atoms with van der Waals surface area (Å²) in [7, 11) is 0. The molecule has 0 saturated heterocycles. The largest absolute Gasteiger partial charge is 0.474 e. The van der Waals surface area contributed by atoms with Crippen molar-refractivity contribution in [2.45, 2.75) is 32.3 Å². The summed E-state index contributed by atoms with van der Waals surface area (Å²) < 4.78 is 5.89. The van der Waals surface area contributed by atoms with E-state index in [0.717, 1.165) is 18.4 Å². The minimum absolute atomic E-state index is 0.0488. The van der Waals surface area contributed by atoms with Gasteiger partial charge in [0.25, 0.3) is 5.91 Å². The summed E-state index contributed by atoms with van der Waals surface area (Å²) in [5.41, 5.74) is 4.46. The molecule has 0 fully saturated rings. The fourth-order valence-electron chi connectivity index (χ4n) is 3.47. The van der Waals surface area contributed by atoms with Crippen molar-refractivity contribution < 1.29 is 14.3 Å². The van der Waals surface area contributed by atoms with E-state index in [9.17, 15) is 9.59 Å². The van der Waals surface area contributed by atoms with Crippen LogP contribution in [-0.4, -0.2) is 11.8 Å². The molecule has 1 heterocycles. The SMILES string of the molecule is Cc1ccc(CCCC(=O)Nc2ccc3c(c2)NC(=O)C(c2ccccc2)O3)cc1. The summed E-state index contributed by atoms with van der Waals surface area (Å²) in [6, 6.07) is 23.0. The molecule has 4 rings (SSSR count). The smallest absolute Gasteiger partial charge is 0.270 e. The Balaban J connectivity index is 1.34. The van der Waals surface area contributed by atoms with E-state index in [1.54, 1.807) is 18.2 Å². The Morgan fingerprint density at radius 2 is 1.80 bits per heavy atom. The fraction of sp³-hybridized carbons (Fsp3) is 0.200. The van der Waals surface area contributed by atoms with E-state index >= 15 is 0 Å². The van der Waals surface area contributed by atoms with Crippen LogP contribution in [0.3, 0.4) is 0 Å². The van der Waals surface area contributed by atoms with Crippen molar-refractivity contribution in [1.29, 1.82) is 0 Å². The van der Waals surface area contributed by atoms with E-state index in [-0.39, 0.29) is 11.8 Å². The van der Waals surface area contributed by atoms with Gasteiger partial charge in [-0.2, -0.15) is 0 Å². The summed E-state index contributed by atoms with van der Waals surface area (Å²) >= 11 is 0. The van der Waals surface area contributed by atoms with Crippen molar-refractivity contribution in [3.8, 4) is 5.75 Å². The maximum absolute atomic E-state index is 12.5. The average Bonchev–Trinajstić information content (AvgIpc) is 2.75. The van der Waals surface area contributed by atoms with Gasteiger partial charge in [-0.1, -0.05) is 60.2 Å². The molecule has 2 amide bonds. The third-order valence-corrected chi connectivity index (χ3v) is 5.10. The molecule has 0 saturated carbocycles. The van der Waals surface area contributed by atoms with Gasteiger partial charge in [-0.15, -0.1) is 0 Å². The van der Waals surface area contributed by atoms with Crippen molar-refractivity contribution in [2.75, 3.05) is 10.6 Å². The molecule has 5 heteroatoms. The van der Waals surface area contributed by atoms with E-state index in [0.29, 0.717) is 23.5 Å².